The first-order valence-corrected chi connectivity index (χ1v) is 6.80. The molecule has 0 bridgehead atoms. The van der Waals surface area contributed by atoms with Gasteiger partial charge >= 0.3 is 0 Å². The van der Waals surface area contributed by atoms with E-state index in [9.17, 15) is 4.79 Å². The van der Waals surface area contributed by atoms with Crippen molar-refractivity contribution in [3.63, 3.8) is 0 Å². The second kappa shape index (κ2) is 5.37. The molecule has 1 unspecified atom stereocenters. The van der Waals surface area contributed by atoms with E-state index in [1.807, 2.05) is 55.5 Å². The lowest BCUT2D eigenvalue weighted by molar-refractivity contribution is -0.116. The normalized spacial score (nSPS) is 16.4. The number of amides is 1. The number of aryl methyl sites for hydroxylation is 1. The SMILES string of the molecule is Cc1cccc(NC(=O)CC2COc3ccccc32)c1. The van der Waals surface area contributed by atoms with Crippen LogP contribution in [0.3, 0.4) is 0 Å². The number of benzene rings is 2. The molecule has 0 saturated carbocycles. The van der Waals surface area contributed by atoms with Crippen LogP contribution in [0.15, 0.2) is 48.5 Å². The summed E-state index contributed by atoms with van der Waals surface area (Å²) in [6.07, 6.45) is 0.449. The van der Waals surface area contributed by atoms with Gasteiger partial charge in [0.15, 0.2) is 0 Å². The average Bonchev–Trinajstić information content (AvgIpc) is 2.82. The van der Waals surface area contributed by atoms with Crippen LogP contribution in [0.25, 0.3) is 0 Å². The van der Waals surface area contributed by atoms with Crippen LogP contribution >= 0.6 is 0 Å². The predicted molar refractivity (Wildman–Crippen MR) is 79.1 cm³/mol. The summed E-state index contributed by atoms with van der Waals surface area (Å²) in [4.78, 5) is 12.1. The third-order valence-corrected chi connectivity index (χ3v) is 3.53. The Morgan fingerprint density at radius 2 is 2.10 bits per heavy atom. The van der Waals surface area contributed by atoms with Crippen LogP contribution in [0.2, 0.25) is 0 Å². The lowest BCUT2D eigenvalue weighted by Crippen LogP contribution is -2.16. The van der Waals surface area contributed by atoms with Gasteiger partial charge < -0.3 is 10.1 Å². The molecular weight excluding hydrogens is 250 g/mol. The van der Waals surface area contributed by atoms with Crippen LogP contribution in [0.4, 0.5) is 5.69 Å². The summed E-state index contributed by atoms with van der Waals surface area (Å²) in [5.41, 5.74) is 3.12. The standard InChI is InChI=1S/C17H17NO2/c1-12-5-4-6-14(9-12)18-17(19)10-13-11-20-16-8-3-2-7-15(13)16/h2-9,13H,10-11H2,1H3,(H,18,19). The number of fused-ring (bicyclic) bond motifs is 1. The van der Waals surface area contributed by atoms with Gasteiger partial charge in [-0.2, -0.15) is 0 Å². The van der Waals surface area contributed by atoms with Gasteiger partial charge in [0.25, 0.3) is 0 Å². The minimum atomic E-state index is 0.0286. The first-order valence-electron chi connectivity index (χ1n) is 6.80. The van der Waals surface area contributed by atoms with E-state index in [1.54, 1.807) is 0 Å². The molecule has 2 aromatic carbocycles. The maximum atomic E-state index is 12.1. The van der Waals surface area contributed by atoms with Crippen LogP contribution in [0.5, 0.6) is 5.75 Å². The van der Waals surface area contributed by atoms with Crippen LogP contribution in [0, 0.1) is 6.92 Å². The summed E-state index contributed by atoms with van der Waals surface area (Å²) in [6, 6.07) is 15.8. The van der Waals surface area contributed by atoms with Crippen LogP contribution < -0.4 is 10.1 Å². The van der Waals surface area contributed by atoms with Crippen molar-refractivity contribution in [2.75, 3.05) is 11.9 Å². The van der Waals surface area contributed by atoms with E-state index in [0.29, 0.717) is 13.0 Å². The van der Waals surface area contributed by atoms with Gasteiger partial charge in [-0.3, -0.25) is 4.79 Å². The third-order valence-electron chi connectivity index (χ3n) is 3.53. The third kappa shape index (κ3) is 2.67. The molecule has 20 heavy (non-hydrogen) atoms. The molecule has 0 aromatic heterocycles. The average molecular weight is 267 g/mol. The molecule has 0 radical (unpaired) electrons. The number of hydrogen-bond donors (Lipinski definition) is 1. The highest BCUT2D eigenvalue weighted by molar-refractivity contribution is 5.91. The Morgan fingerprint density at radius 3 is 2.95 bits per heavy atom. The number of rotatable bonds is 3. The molecule has 102 valence electrons. The molecule has 3 heteroatoms. The fraction of sp³-hybridized carbons (Fsp3) is 0.235. The molecule has 1 aliphatic heterocycles. The summed E-state index contributed by atoms with van der Waals surface area (Å²) in [5.74, 6) is 1.08. The number of carbonyl (C=O) groups is 1. The molecule has 1 atom stereocenters. The summed E-state index contributed by atoms with van der Waals surface area (Å²) in [7, 11) is 0. The Balaban J connectivity index is 1.66. The highest BCUT2D eigenvalue weighted by atomic mass is 16.5. The monoisotopic (exact) mass is 267 g/mol. The zero-order valence-corrected chi connectivity index (χ0v) is 11.4. The summed E-state index contributed by atoms with van der Waals surface area (Å²) < 4.78 is 5.60. The van der Waals surface area contributed by atoms with Gasteiger partial charge in [-0.25, -0.2) is 0 Å². The van der Waals surface area contributed by atoms with Crippen molar-refractivity contribution in [2.24, 2.45) is 0 Å². The van der Waals surface area contributed by atoms with Crippen molar-refractivity contribution in [1.82, 2.24) is 0 Å². The Labute approximate surface area is 118 Å². The Kier molecular flexibility index (Phi) is 3.42. The molecule has 1 amide bonds. The first-order chi connectivity index (χ1) is 9.72. The molecule has 0 fully saturated rings. The van der Waals surface area contributed by atoms with Gasteiger partial charge in [0, 0.05) is 23.6 Å². The molecular formula is C17H17NO2. The Bertz CT molecular complexity index is 636. The number of anilines is 1. The number of nitrogens with one attached hydrogen (secondary N) is 1. The molecule has 0 saturated heterocycles. The molecule has 0 spiro atoms. The minimum Gasteiger partial charge on any atom is -0.493 e. The number of para-hydroxylation sites is 1. The maximum absolute atomic E-state index is 12.1. The van der Waals surface area contributed by atoms with E-state index in [0.717, 1.165) is 22.6 Å². The zero-order valence-electron chi connectivity index (χ0n) is 11.4. The lowest BCUT2D eigenvalue weighted by atomic mass is 9.97. The van der Waals surface area contributed by atoms with Gasteiger partial charge in [-0.05, 0) is 30.7 Å². The number of hydrogen-bond acceptors (Lipinski definition) is 2. The Hall–Kier alpha value is -2.29. The molecule has 2 aromatic rings. The topological polar surface area (TPSA) is 38.3 Å². The van der Waals surface area contributed by atoms with Gasteiger partial charge in [-0.15, -0.1) is 0 Å². The lowest BCUT2D eigenvalue weighted by Gasteiger charge is -2.10. The summed E-state index contributed by atoms with van der Waals surface area (Å²) in [5, 5.41) is 2.95. The predicted octanol–water partition coefficient (Wildman–Crippen LogP) is 3.50. The van der Waals surface area contributed by atoms with Crippen molar-refractivity contribution in [1.29, 1.82) is 0 Å². The summed E-state index contributed by atoms with van der Waals surface area (Å²) >= 11 is 0. The quantitative estimate of drug-likeness (QED) is 0.924. The smallest absolute Gasteiger partial charge is 0.225 e. The van der Waals surface area contributed by atoms with Gasteiger partial charge in [0.05, 0.1) is 6.61 Å². The van der Waals surface area contributed by atoms with Gasteiger partial charge in [0.1, 0.15) is 5.75 Å². The van der Waals surface area contributed by atoms with Crippen LogP contribution in [0.1, 0.15) is 23.5 Å². The van der Waals surface area contributed by atoms with Gasteiger partial charge in [0.2, 0.25) is 5.91 Å². The highest BCUT2D eigenvalue weighted by Gasteiger charge is 2.25. The van der Waals surface area contributed by atoms with Crippen molar-refractivity contribution in [3.05, 3.63) is 59.7 Å². The second-order valence-electron chi connectivity index (χ2n) is 5.17. The maximum Gasteiger partial charge on any atom is 0.225 e. The molecule has 3 rings (SSSR count). The number of ether oxygens (including phenoxy) is 1. The van der Waals surface area contributed by atoms with Crippen molar-refractivity contribution >= 4 is 11.6 Å². The Morgan fingerprint density at radius 1 is 1.25 bits per heavy atom. The largest absolute Gasteiger partial charge is 0.493 e. The van der Waals surface area contributed by atoms with E-state index in [4.69, 9.17) is 4.74 Å². The zero-order chi connectivity index (χ0) is 13.9. The van der Waals surface area contributed by atoms with Crippen molar-refractivity contribution in [2.45, 2.75) is 19.3 Å². The molecule has 1 aliphatic rings. The minimum absolute atomic E-state index is 0.0286. The van der Waals surface area contributed by atoms with Crippen molar-refractivity contribution in [3.8, 4) is 5.75 Å². The molecule has 1 heterocycles. The fourth-order valence-electron chi connectivity index (χ4n) is 2.56. The number of carbonyl (C=O) groups excluding carboxylic acids is 1. The van der Waals surface area contributed by atoms with E-state index in [-0.39, 0.29) is 11.8 Å². The van der Waals surface area contributed by atoms with Crippen molar-refractivity contribution < 1.29 is 9.53 Å². The summed E-state index contributed by atoms with van der Waals surface area (Å²) in [6.45, 7) is 2.59. The van der Waals surface area contributed by atoms with Crippen LogP contribution in [-0.4, -0.2) is 12.5 Å². The molecule has 3 nitrogen and oxygen atoms in total. The molecule has 0 aliphatic carbocycles. The molecule has 1 N–H and O–H groups in total. The first kappa shape index (κ1) is 12.7. The van der Waals surface area contributed by atoms with E-state index in [1.165, 1.54) is 0 Å². The fourth-order valence-corrected chi connectivity index (χ4v) is 2.56. The van der Waals surface area contributed by atoms with E-state index < -0.39 is 0 Å². The van der Waals surface area contributed by atoms with E-state index >= 15 is 0 Å². The van der Waals surface area contributed by atoms with E-state index in [2.05, 4.69) is 5.32 Å². The van der Waals surface area contributed by atoms with Crippen LogP contribution in [-0.2, 0) is 4.79 Å². The second-order valence-corrected chi connectivity index (χ2v) is 5.17. The van der Waals surface area contributed by atoms with Gasteiger partial charge in [-0.1, -0.05) is 30.3 Å². The highest BCUT2D eigenvalue weighted by Crippen LogP contribution is 2.35.